The topological polar surface area (TPSA) is 68.0 Å². The maximum atomic E-state index is 12.9. The summed E-state index contributed by atoms with van der Waals surface area (Å²) >= 11 is 0. The van der Waals surface area contributed by atoms with Crippen LogP contribution in [0.4, 0.5) is 11.4 Å². The molecule has 2 heterocycles. The summed E-state index contributed by atoms with van der Waals surface area (Å²) in [4.78, 5) is 17.0. The molecule has 6 nitrogen and oxygen atoms in total. The summed E-state index contributed by atoms with van der Waals surface area (Å²) in [6.07, 6.45) is 5.96. The van der Waals surface area contributed by atoms with Gasteiger partial charge in [-0.15, -0.1) is 0 Å². The first kappa shape index (κ1) is 18.6. The van der Waals surface area contributed by atoms with Crippen molar-refractivity contribution in [1.29, 1.82) is 0 Å². The van der Waals surface area contributed by atoms with Crippen molar-refractivity contribution in [3.63, 3.8) is 0 Å². The predicted octanol–water partition coefficient (Wildman–Crippen LogP) is 3.14. The van der Waals surface area contributed by atoms with Crippen molar-refractivity contribution in [2.75, 3.05) is 38.8 Å². The third-order valence-electron chi connectivity index (χ3n) is 6.21. The number of nitrogens with zero attached hydrogens (tertiary/aromatic N) is 2. The van der Waals surface area contributed by atoms with Crippen LogP contribution in [0.3, 0.4) is 0 Å². The lowest BCUT2D eigenvalue weighted by Gasteiger charge is -2.45. The van der Waals surface area contributed by atoms with E-state index in [1.54, 1.807) is 12.1 Å². The van der Waals surface area contributed by atoms with Crippen LogP contribution in [-0.2, 0) is 10.3 Å². The largest absolute Gasteiger partial charge is 0.485 e. The lowest BCUT2D eigenvalue weighted by atomic mass is 9.70. The van der Waals surface area contributed by atoms with E-state index in [0.717, 1.165) is 28.3 Å². The summed E-state index contributed by atoms with van der Waals surface area (Å²) in [7, 11) is 7.97. The molecular formula is C24H25N3O3. The molecule has 0 amide bonds. The van der Waals surface area contributed by atoms with E-state index in [0.29, 0.717) is 11.3 Å². The Balaban J connectivity index is 1.78. The van der Waals surface area contributed by atoms with Crippen molar-refractivity contribution in [3.05, 3.63) is 77.0 Å². The number of likely N-dealkylation sites (N-methyl/N-ethyl adjacent to an activating group) is 1. The van der Waals surface area contributed by atoms with Crippen molar-refractivity contribution in [3.8, 4) is 5.75 Å². The summed E-state index contributed by atoms with van der Waals surface area (Å²) in [5, 5.41) is 0. The van der Waals surface area contributed by atoms with Gasteiger partial charge in [0.25, 0.3) is 0 Å². The predicted molar refractivity (Wildman–Crippen MR) is 117 cm³/mol. The lowest BCUT2D eigenvalue weighted by Crippen LogP contribution is -2.48. The number of fused-ring (bicyclic) bond motifs is 6. The second kappa shape index (κ2) is 6.29. The number of hydrogen-bond acceptors (Lipinski definition) is 6. The molecule has 0 aromatic heterocycles. The third kappa shape index (κ3) is 2.46. The van der Waals surface area contributed by atoms with E-state index in [9.17, 15) is 4.79 Å². The van der Waals surface area contributed by atoms with Gasteiger partial charge in [-0.25, -0.2) is 4.79 Å². The number of ether oxygens (including phenoxy) is 2. The second-order valence-corrected chi connectivity index (χ2v) is 8.46. The summed E-state index contributed by atoms with van der Waals surface area (Å²) in [5.74, 6) is 0.185. The standard InChI is InChI=1S/C24H25N3O3/c1-26(2)15-6-9-18-21(12-15)29-22-13-16(27(3)4)7-10-19(22)24(18)20-11-14(25)5-8-17(20)23(28)30-24/h5-13,18,21H,25H2,1-4H3. The van der Waals surface area contributed by atoms with Crippen LogP contribution in [0, 0.1) is 5.92 Å². The number of carbonyl (C=O) groups excluding carboxylic acids is 1. The summed E-state index contributed by atoms with van der Waals surface area (Å²) in [6, 6.07) is 11.4. The summed E-state index contributed by atoms with van der Waals surface area (Å²) in [6.45, 7) is 0. The molecule has 1 aliphatic carbocycles. The molecule has 1 spiro atoms. The van der Waals surface area contributed by atoms with Gasteiger partial charge in [-0.05, 0) is 42.5 Å². The molecule has 2 aliphatic heterocycles. The fourth-order valence-corrected chi connectivity index (χ4v) is 4.68. The molecule has 0 fully saturated rings. The van der Waals surface area contributed by atoms with Gasteiger partial charge in [0, 0.05) is 62.5 Å². The van der Waals surface area contributed by atoms with E-state index in [-0.39, 0.29) is 18.0 Å². The molecule has 3 atom stereocenters. The molecule has 3 unspecified atom stereocenters. The molecule has 154 valence electrons. The zero-order valence-corrected chi connectivity index (χ0v) is 17.5. The van der Waals surface area contributed by atoms with Gasteiger partial charge >= 0.3 is 5.97 Å². The maximum Gasteiger partial charge on any atom is 0.339 e. The number of allylic oxidation sites excluding steroid dienone is 1. The zero-order valence-electron chi connectivity index (χ0n) is 17.5. The number of benzene rings is 2. The third-order valence-corrected chi connectivity index (χ3v) is 6.21. The van der Waals surface area contributed by atoms with E-state index in [1.807, 2.05) is 62.3 Å². The monoisotopic (exact) mass is 403 g/mol. The number of nitrogens with two attached hydrogens (primary N) is 1. The quantitative estimate of drug-likeness (QED) is 0.614. The summed E-state index contributed by atoms with van der Waals surface area (Å²) < 4.78 is 12.7. The Morgan fingerprint density at radius 3 is 2.53 bits per heavy atom. The minimum absolute atomic E-state index is 0.203. The zero-order chi connectivity index (χ0) is 21.2. The maximum absolute atomic E-state index is 12.9. The minimum atomic E-state index is -0.976. The van der Waals surface area contributed by atoms with Crippen molar-refractivity contribution in [2.45, 2.75) is 11.7 Å². The van der Waals surface area contributed by atoms with Gasteiger partial charge in [-0.3, -0.25) is 0 Å². The fraction of sp³-hybridized carbons (Fsp3) is 0.292. The van der Waals surface area contributed by atoms with Crippen LogP contribution < -0.4 is 15.4 Å². The first-order chi connectivity index (χ1) is 14.3. The molecule has 3 aliphatic rings. The molecule has 2 aromatic rings. The van der Waals surface area contributed by atoms with Crippen LogP contribution in [-0.4, -0.2) is 45.2 Å². The highest BCUT2D eigenvalue weighted by Crippen LogP contribution is 2.56. The molecule has 30 heavy (non-hydrogen) atoms. The molecular weight excluding hydrogens is 378 g/mol. The molecule has 0 radical (unpaired) electrons. The highest BCUT2D eigenvalue weighted by atomic mass is 16.6. The molecule has 0 saturated carbocycles. The Morgan fingerprint density at radius 1 is 1.00 bits per heavy atom. The van der Waals surface area contributed by atoms with Crippen LogP contribution >= 0.6 is 0 Å². The van der Waals surface area contributed by atoms with Gasteiger partial charge in [0.1, 0.15) is 11.9 Å². The van der Waals surface area contributed by atoms with Crippen molar-refractivity contribution in [1.82, 2.24) is 4.90 Å². The number of hydrogen-bond donors (Lipinski definition) is 1. The van der Waals surface area contributed by atoms with E-state index in [2.05, 4.69) is 18.2 Å². The van der Waals surface area contributed by atoms with Gasteiger partial charge in [-0.1, -0.05) is 6.08 Å². The average molecular weight is 403 g/mol. The van der Waals surface area contributed by atoms with Crippen LogP contribution in [0.1, 0.15) is 21.5 Å². The van der Waals surface area contributed by atoms with E-state index in [1.165, 1.54) is 0 Å². The molecule has 0 bridgehead atoms. The first-order valence-electron chi connectivity index (χ1n) is 10.0. The van der Waals surface area contributed by atoms with Gasteiger partial charge in [0.05, 0.1) is 11.5 Å². The second-order valence-electron chi connectivity index (χ2n) is 8.46. The Hall–Kier alpha value is -3.41. The van der Waals surface area contributed by atoms with Gasteiger partial charge in [-0.2, -0.15) is 0 Å². The fourth-order valence-electron chi connectivity index (χ4n) is 4.68. The Morgan fingerprint density at radius 2 is 1.80 bits per heavy atom. The number of nitrogen functional groups attached to an aromatic ring is 1. The van der Waals surface area contributed by atoms with Gasteiger partial charge in [0.15, 0.2) is 5.60 Å². The number of carbonyl (C=O) groups is 1. The van der Waals surface area contributed by atoms with Crippen LogP contribution in [0.5, 0.6) is 5.75 Å². The van der Waals surface area contributed by atoms with Gasteiger partial charge in [0.2, 0.25) is 0 Å². The Labute approximate surface area is 176 Å². The highest BCUT2D eigenvalue weighted by Gasteiger charge is 2.58. The normalized spacial score (nSPS) is 25.6. The van der Waals surface area contributed by atoms with Crippen LogP contribution in [0.15, 0.2) is 60.3 Å². The molecule has 6 heteroatoms. The smallest absolute Gasteiger partial charge is 0.339 e. The lowest BCUT2D eigenvalue weighted by molar-refractivity contribution is -0.0420. The van der Waals surface area contributed by atoms with Gasteiger partial charge < -0.3 is 25.0 Å². The van der Waals surface area contributed by atoms with Crippen LogP contribution in [0.25, 0.3) is 0 Å². The summed E-state index contributed by atoms with van der Waals surface area (Å²) in [5.41, 5.74) is 10.0. The minimum Gasteiger partial charge on any atom is -0.485 e. The SMILES string of the molecule is CN(C)C1=CC2Oc3cc(N(C)C)ccc3C3(OC(=O)c4ccc(N)cc43)C2C=C1. The molecule has 2 aromatic carbocycles. The Kier molecular flexibility index (Phi) is 3.90. The van der Waals surface area contributed by atoms with Crippen molar-refractivity contribution >= 4 is 17.3 Å². The Bertz CT molecular complexity index is 1120. The van der Waals surface area contributed by atoms with Crippen molar-refractivity contribution < 1.29 is 14.3 Å². The molecule has 5 rings (SSSR count). The van der Waals surface area contributed by atoms with Crippen LogP contribution in [0.2, 0.25) is 0 Å². The molecule has 0 saturated heterocycles. The number of anilines is 2. The number of rotatable bonds is 2. The molecule has 2 N–H and O–H groups in total. The number of esters is 1. The first-order valence-corrected chi connectivity index (χ1v) is 10.0. The van der Waals surface area contributed by atoms with E-state index < -0.39 is 5.60 Å². The van der Waals surface area contributed by atoms with Crippen molar-refractivity contribution in [2.24, 2.45) is 5.92 Å². The highest BCUT2D eigenvalue weighted by molar-refractivity contribution is 5.96. The van der Waals surface area contributed by atoms with E-state index in [4.69, 9.17) is 15.2 Å². The van der Waals surface area contributed by atoms with E-state index >= 15 is 0 Å². The average Bonchev–Trinajstić information content (AvgIpc) is 2.99.